The van der Waals surface area contributed by atoms with Crippen LogP contribution in [-0.2, 0) is 4.79 Å². The summed E-state index contributed by atoms with van der Waals surface area (Å²) in [5.74, 6) is 0.433. The van der Waals surface area contributed by atoms with Crippen molar-refractivity contribution in [2.24, 2.45) is 5.92 Å². The number of hydrogen-bond acceptors (Lipinski definition) is 3. The fraction of sp³-hybridized carbons (Fsp3) is 0.400. The lowest BCUT2D eigenvalue weighted by molar-refractivity contribution is -0.117. The molecule has 0 fully saturated rings. The van der Waals surface area contributed by atoms with Gasteiger partial charge in [0.05, 0.1) is 7.11 Å². The van der Waals surface area contributed by atoms with Gasteiger partial charge >= 0.3 is 0 Å². The van der Waals surface area contributed by atoms with Gasteiger partial charge in [-0.3, -0.25) is 4.79 Å². The molecule has 1 amide bonds. The van der Waals surface area contributed by atoms with Gasteiger partial charge in [-0.1, -0.05) is 18.5 Å². The van der Waals surface area contributed by atoms with Crippen LogP contribution >= 0.6 is 11.6 Å². The Kier molecular flexibility index (Phi) is 6.55. The Balaban J connectivity index is 2.72. The molecule has 1 aromatic rings. The van der Waals surface area contributed by atoms with Crippen LogP contribution in [0.5, 0.6) is 5.75 Å². The number of nitrogens with one attached hydrogen (secondary N) is 1. The Bertz CT molecular complexity index is 488. The lowest BCUT2D eigenvalue weighted by atomic mass is 10.1. The van der Waals surface area contributed by atoms with Crippen LogP contribution in [0, 0.1) is 5.92 Å². The highest BCUT2D eigenvalue weighted by molar-refractivity contribution is 6.30. The molecule has 1 aromatic carbocycles. The summed E-state index contributed by atoms with van der Waals surface area (Å²) in [6.07, 6.45) is 3.07. The van der Waals surface area contributed by atoms with Crippen molar-refractivity contribution in [1.82, 2.24) is 5.32 Å². The first-order valence-corrected chi connectivity index (χ1v) is 6.78. The number of rotatable bonds is 6. The molecule has 2 unspecified atom stereocenters. The van der Waals surface area contributed by atoms with Crippen LogP contribution in [0.4, 0.5) is 0 Å². The SMILES string of the molecule is COc1ccc(Cl)cc1/C=C/C(=O)NC(C)C(C)CO. The number of carbonyl (C=O) groups excluding carboxylic acids is 1. The van der Waals surface area contributed by atoms with Gasteiger partial charge in [0.2, 0.25) is 5.91 Å². The van der Waals surface area contributed by atoms with Crippen molar-refractivity contribution in [3.8, 4) is 5.75 Å². The van der Waals surface area contributed by atoms with Crippen molar-refractivity contribution < 1.29 is 14.6 Å². The van der Waals surface area contributed by atoms with Gasteiger partial charge in [0.1, 0.15) is 5.75 Å². The first kappa shape index (κ1) is 16.5. The number of hydrogen-bond donors (Lipinski definition) is 2. The molecule has 2 atom stereocenters. The lowest BCUT2D eigenvalue weighted by Crippen LogP contribution is -2.37. The topological polar surface area (TPSA) is 58.6 Å². The molecular weight excluding hydrogens is 278 g/mol. The van der Waals surface area contributed by atoms with E-state index in [9.17, 15) is 4.79 Å². The molecule has 5 heteroatoms. The third-order valence-corrected chi connectivity index (χ3v) is 3.35. The molecule has 0 aliphatic carbocycles. The van der Waals surface area contributed by atoms with Crippen molar-refractivity contribution in [2.45, 2.75) is 19.9 Å². The quantitative estimate of drug-likeness (QED) is 0.793. The van der Waals surface area contributed by atoms with Crippen LogP contribution in [0.3, 0.4) is 0 Å². The first-order valence-electron chi connectivity index (χ1n) is 6.41. The van der Waals surface area contributed by atoms with E-state index in [-0.39, 0.29) is 24.5 Å². The van der Waals surface area contributed by atoms with E-state index in [2.05, 4.69) is 5.32 Å². The molecule has 0 aromatic heterocycles. The van der Waals surface area contributed by atoms with Crippen LogP contribution in [-0.4, -0.2) is 30.8 Å². The molecule has 0 heterocycles. The smallest absolute Gasteiger partial charge is 0.244 e. The van der Waals surface area contributed by atoms with Gasteiger partial charge in [0, 0.05) is 29.3 Å². The average molecular weight is 298 g/mol. The van der Waals surface area contributed by atoms with Crippen LogP contribution in [0.25, 0.3) is 6.08 Å². The number of halogens is 1. The summed E-state index contributed by atoms with van der Waals surface area (Å²) in [6, 6.07) is 5.10. The summed E-state index contributed by atoms with van der Waals surface area (Å²) in [4.78, 5) is 11.8. The van der Waals surface area contributed by atoms with Crippen molar-refractivity contribution >= 4 is 23.6 Å². The third kappa shape index (κ3) is 4.87. The third-order valence-electron chi connectivity index (χ3n) is 3.12. The molecule has 4 nitrogen and oxygen atoms in total. The van der Waals surface area contributed by atoms with Gasteiger partial charge in [0.25, 0.3) is 0 Å². The van der Waals surface area contributed by atoms with E-state index >= 15 is 0 Å². The van der Waals surface area contributed by atoms with Crippen molar-refractivity contribution in [3.63, 3.8) is 0 Å². The van der Waals surface area contributed by atoms with E-state index in [1.807, 2.05) is 13.8 Å². The maximum Gasteiger partial charge on any atom is 0.244 e. The number of methoxy groups -OCH3 is 1. The number of carbonyl (C=O) groups is 1. The largest absolute Gasteiger partial charge is 0.496 e. The van der Waals surface area contributed by atoms with E-state index in [1.165, 1.54) is 6.08 Å². The Hall–Kier alpha value is -1.52. The number of aliphatic hydroxyl groups excluding tert-OH is 1. The molecule has 20 heavy (non-hydrogen) atoms. The summed E-state index contributed by atoms with van der Waals surface area (Å²) in [5, 5.41) is 12.4. The van der Waals surface area contributed by atoms with Crippen LogP contribution in [0.2, 0.25) is 5.02 Å². The minimum absolute atomic E-state index is 0.00746. The van der Waals surface area contributed by atoms with E-state index in [4.69, 9.17) is 21.4 Å². The van der Waals surface area contributed by atoms with Gasteiger partial charge in [-0.25, -0.2) is 0 Å². The first-order chi connectivity index (χ1) is 9.47. The highest BCUT2D eigenvalue weighted by Crippen LogP contribution is 2.23. The van der Waals surface area contributed by atoms with E-state index in [0.717, 1.165) is 5.56 Å². The summed E-state index contributed by atoms with van der Waals surface area (Å²) >= 11 is 5.92. The highest BCUT2D eigenvalue weighted by Gasteiger charge is 2.12. The molecule has 1 rings (SSSR count). The van der Waals surface area contributed by atoms with Gasteiger partial charge in [-0.2, -0.15) is 0 Å². The molecular formula is C15H20ClNO3. The average Bonchev–Trinajstić information content (AvgIpc) is 2.44. The summed E-state index contributed by atoms with van der Waals surface area (Å²) in [5.41, 5.74) is 0.734. The molecule has 0 aliphatic rings. The Morgan fingerprint density at radius 1 is 1.50 bits per heavy atom. The molecule has 0 saturated carbocycles. The molecule has 2 N–H and O–H groups in total. The van der Waals surface area contributed by atoms with Gasteiger partial charge in [-0.05, 0) is 37.1 Å². The van der Waals surface area contributed by atoms with E-state index in [1.54, 1.807) is 31.4 Å². The Labute approximate surface area is 124 Å². The van der Waals surface area contributed by atoms with Crippen LogP contribution in [0.1, 0.15) is 19.4 Å². The Morgan fingerprint density at radius 3 is 2.80 bits per heavy atom. The Morgan fingerprint density at radius 2 is 2.20 bits per heavy atom. The maximum absolute atomic E-state index is 11.8. The van der Waals surface area contributed by atoms with Crippen molar-refractivity contribution in [1.29, 1.82) is 0 Å². The molecule has 0 aliphatic heterocycles. The van der Waals surface area contributed by atoms with Gasteiger partial charge in [-0.15, -0.1) is 0 Å². The zero-order chi connectivity index (χ0) is 15.1. The second-order valence-electron chi connectivity index (χ2n) is 4.68. The molecule has 110 valence electrons. The fourth-order valence-electron chi connectivity index (χ4n) is 1.57. The molecule has 0 saturated heterocycles. The predicted octanol–water partition coefficient (Wildman–Crippen LogP) is 2.49. The number of benzene rings is 1. The minimum Gasteiger partial charge on any atom is -0.496 e. The molecule has 0 bridgehead atoms. The van der Waals surface area contributed by atoms with Crippen molar-refractivity contribution in [2.75, 3.05) is 13.7 Å². The zero-order valence-corrected chi connectivity index (χ0v) is 12.6. The predicted molar refractivity (Wildman–Crippen MR) is 80.9 cm³/mol. The van der Waals surface area contributed by atoms with Gasteiger partial charge in [0.15, 0.2) is 0 Å². The standard InChI is InChI=1S/C15H20ClNO3/c1-10(9-18)11(2)17-15(19)7-4-12-8-13(16)5-6-14(12)20-3/h4-8,10-11,18H,9H2,1-3H3,(H,17,19)/b7-4+. The second-order valence-corrected chi connectivity index (χ2v) is 5.11. The van der Waals surface area contributed by atoms with Crippen LogP contribution in [0.15, 0.2) is 24.3 Å². The number of aliphatic hydroxyl groups is 1. The number of ether oxygens (including phenoxy) is 1. The summed E-state index contributed by atoms with van der Waals surface area (Å²) in [7, 11) is 1.56. The van der Waals surface area contributed by atoms with E-state index in [0.29, 0.717) is 10.8 Å². The number of amides is 1. The molecule has 0 radical (unpaired) electrons. The summed E-state index contributed by atoms with van der Waals surface area (Å²) < 4.78 is 5.19. The minimum atomic E-state index is -0.222. The van der Waals surface area contributed by atoms with Crippen LogP contribution < -0.4 is 10.1 Å². The highest BCUT2D eigenvalue weighted by atomic mass is 35.5. The normalized spacial score (nSPS) is 14.1. The summed E-state index contributed by atoms with van der Waals surface area (Å²) in [6.45, 7) is 3.76. The van der Waals surface area contributed by atoms with E-state index < -0.39 is 0 Å². The second kappa shape index (κ2) is 7.92. The fourth-order valence-corrected chi connectivity index (χ4v) is 1.75. The zero-order valence-electron chi connectivity index (χ0n) is 11.9. The lowest BCUT2D eigenvalue weighted by Gasteiger charge is -2.18. The van der Waals surface area contributed by atoms with Gasteiger partial charge < -0.3 is 15.2 Å². The monoisotopic (exact) mass is 297 g/mol. The van der Waals surface area contributed by atoms with Crippen molar-refractivity contribution in [3.05, 3.63) is 34.9 Å². The maximum atomic E-state index is 11.8. The molecule has 0 spiro atoms.